The molecule has 1 atom stereocenters. The van der Waals surface area contributed by atoms with E-state index in [0.717, 1.165) is 11.1 Å². The van der Waals surface area contributed by atoms with Crippen LogP contribution >= 0.6 is 11.6 Å². The molecule has 2 rings (SSSR count). The van der Waals surface area contributed by atoms with Gasteiger partial charge in [-0.05, 0) is 29.7 Å². The summed E-state index contributed by atoms with van der Waals surface area (Å²) in [6, 6.07) is 15.3. The van der Waals surface area contributed by atoms with Crippen LogP contribution in [0.1, 0.15) is 18.4 Å². The standard InChI is InChI=1S/C15H13ClO2/c1-10(15(17)18)13-8-7-12(9-14(13)16)11-5-3-2-4-6-11/h2-10H,1H3,(H,17,18). The summed E-state index contributed by atoms with van der Waals surface area (Å²) >= 11 is 6.15. The van der Waals surface area contributed by atoms with Crippen molar-refractivity contribution >= 4 is 17.6 Å². The van der Waals surface area contributed by atoms with E-state index >= 15 is 0 Å². The number of carboxylic acid groups (broad SMARTS) is 1. The molecule has 0 aliphatic heterocycles. The van der Waals surface area contributed by atoms with E-state index in [0.29, 0.717) is 10.6 Å². The van der Waals surface area contributed by atoms with Crippen molar-refractivity contribution < 1.29 is 9.90 Å². The van der Waals surface area contributed by atoms with E-state index in [1.54, 1.807) is 13.0 Å². The number of halogens is 1. The summed E-state index contributed by atoms with van der Waals surface area (Å²) in [5.74, 6) is -1.47. The van der Waals surface area contributed by atoms with Gasteiger partial charge in [-0.2, -0.15) is 0 Å². The van der Waals surface area contributed by atoms with Crippen LogP contribution in [-0.2, 0) is 4.79 Å². The maximum absolute atomic E-state index is 10.9. The van der Waals surface area contributed by atoms with E-state index in [1.165, 1.54) is 0 Å². The van der Waals surface area contributed by atoms with Gasteiger partial charge in [-0.15, -0.1) is 0 Å². The number of rotatable bonds is 3. The van der Waals surface area contributed by atoms with Crippen molar-refractivity contribution in [1.82, 2.24) is 0 Å². The predicted molar refractivity (Wildman–Crippen MR) is 72.9 cm³/mol. The predicted octanol–water partition coefficient (Wildman–Crippen LogP) is 4.20. The van der Waals surface area contributed by atoms with Crippen molar-refractivity contribution in [2.45, 2.75) is 12.8 Å². The summed E-state index contributed by atoms with van der Waals surface area (Å²) in [6.45, 7) is 1.63. The first-order valence-corrected chi connectivity index (χ1v) is 6.05. The maximum atomic E-state index is 10.9. The van der Waals surface area contributed by atoms with Gasteiger partial charge in [0, 0.05) is 5.02 Å². The minimum atomic E-state index is -0.871. The molecule has 0 amide bonds. The summed E-state index contributed by atoms with van der Waals surface area (Å²) in [6.07, 6.45) is 0. The zero-order chi connectivity index (χ0) is 13.1. The molecule has 1 unspecified atom stereocenters. The molecule has 1 N–H and O–H groups in total. The van der Waals surface area contributed by atoms with Gasteiger partial charge in [0.2, 0.25) is 0 Å². The quantitative estimate of drug-likeness (QED) is 0.898. The van der Waals surface area contributed by atoms with Crippen LogP contribution < -0.4 is 0 Å². The lowest BCUT2D eigenvalue weighted by molar-refractivity contribution is -0.138. The lowest BCUT2D eigenvalue weighted by atomic mass is 9.97. The van der Waals surface area contributed by atoms with Gasteiger partial charge in [0.05, 0.1) is 5.92 Å². The molecule has 92 valence electrons. The Labute approximate surface area is 111 Å². The average Bonchev–Trinajstić information content (AvgIpc) is 2.38. The summed E-state index contributed by atoms with van der Waals surface area (Å²) in [5.41, 5.74) is 2.69. The SMILES string of the molecule is CC(C(=O)O)c1ccc(-c2ccccc2)cc1Cl. The second-order valence-electron chi connectivity index (χ2n) is 4.16. The molecule has 0 bridgehead atoms. The van der Waals surface area contributed by atoms with Crippen LogP contribution in [0.15, 0.2) is 48.5 Å². The first-order chi connectivity index (χ1) is 8.59. The summed E-state index contributed by atoms with van der Waals surface area (Å²) in [5, 5.41) is 9.48. The normalized spacial score (nSPS) is 12.1. The average molecular weight is 261 g/mol. The minimum Gasteiger partial charge on any atom is -0.481 e. The third-order valence-corrected chi connectivity index (χ3v) is 3.27. The second-order valence-corrected chi connectivity index (χ2v) is 4.57. The van der Waals surface area contributed by atoms with E-state index in [1.807, 2.05) is 42.5 Å². The molecule has 2 aromatic carbocycles. The lowest BCUT2D eigenvalue weighted by Gasteiger charge is -2.10. The second kappa shape index (κ2) is 5.23. The van der Waals surface area contributed by atoms with E-state index in [9.17, 15) is 4.79 Å². The number of carbonyl (C=O) groups is 1. The Bertz CT molecular complexity index is 564. The fourth-order valence-electron chi connectivity index (χ4n) is 1.82. The highest BCUT2D eigenvalue weighted by Gasteiger charge is 2.17. The Balaban J connectivity index is 2.40. The van der Waals surface area contributed by atoms with Crippen molar-refractivity contribution in [2.24, 2.45) is 0 Å². The first kappa shape index (κ1) is 12.7. The lowest BCUT2D eigenvalue weighted by Crippen LogP contribution is -2.07. The largest absolute Gasteiger partial charge is 0.481 e. The van der Waals surface area contributed by atoms with Gasteiger partial charge in [0.1, 0.15) is 0 Å². The molecule has 0 spiro atoms. The van der Waals surface area contributed by atoms with Gasteiger partial charge in [0.25, 0.3) is 0 Å². The Kier molecular flexibility index (Phi) is 3.68. The maximum Gasteiger partial charge on any atom is 0.310 e. The van der Waals surface area contributed by atoms with E-state index < -0.39 is 11.9 Å². The van der Waals surface area contributed by atoms with Gasteiger partial charge in [-0.25, -0.2) is 0 Å². The molecular weight excluding hydrogens is 248 g/mol. The molecule has 3 heteroatoms. The monoisotopic (exact) mass is 260 g/mol. The van der Waals surface area contributed by atoms with Crippen LogP contribution in [0.4, 0.5) is 0 Å². The van der Waals surface area contributed by atoms with Crippen LogP contribution in [0, 0.1) is 0 Å². The number of hydrogen-bond donors (Lipinski definition) is 1. The summed E-state index contributed by atoms with van der Waals surface area (Å²) in [4.78, 5) is 10.9. The number of benzene rings is 2. The number of carboxylic acids is 1. The number of aliphatic carboxylic acids is 1. The minimum absolute atomic E-state index is 0.492. The van der Waals surface area contributed by atoms with Gasteiger partial charge < -0.3 is 5.11 Å². The Hall–Kier alpha value is -1.80. The highest BCUT2D eigenvalue weighted by atomic mass is 35.5. The Morgan fingerprint density at radius 1 is 1.11 bits per heavy atom. The number of hydrogen-bond acceptors (Lipinski definition) is 1. The summed E-state index contributed by atoms with van der Waals surface area (Å²) in [7, 11) is 0. The molecule has 0 aliphatic rings. The van der Waals surface area contributed by atoms with Gasteiger partial charge in [-0.3, -0.25) is 4.79 Å². The zero-order valence-corrected chi connectivity index (χ0v) is 10.7. The fraction of sp³-hybridized carbons (Fsp3) is 0.133. The van der Waals surface area contributed by atoms with Crippen molar-refractivity contribution in [3.63, 3.8) is 0 Å². The van der Waals surface area contributed by atoms with Gasteiger partial charge in [0.15, 0.2) is 0 Å². The third-order valence-electron chi connectivity index (χ3n) is 2.94. The molecule has 2 aromatic rings. The fourth-order valence-corrected chi connectivity index (χ4v) is 2.17. The molecule has 18 heavy (non-hydrogen) atoms. The highest BCUT2D eigenvalue weighted by molar-refractivity contribution is 6.32. The van der Waals surface area contributed by atoms with Gasteiger partial charge >= 0.3 is 5.97 Å². The van der Waals surface area contributed by atoms with Crippen LogP contribution in [0.5, 0.6) is 0 Å². The van der Waals surface area contributed by atoms with Gasteiger partial charge in [-0.1, -0.05) is 54.1 Å². The van der Waals surface area contributed by atoms with Crippen molar-refractivity contribution in [3.05, 3.63) is 59.1 Å². The molecule has 0 fully saturated rings. The molecule has 0 saturated carbocycles. The van der Waals surface area contributed by atoms with Crippen LogP contribution in [-0.4, -0.2) is 11.1 Å². The molecule has 0 heterocycles. The zero-order valence-electron chi connectivity index (χ0n) is 9.93. The Morgan fingerprint density at radius 3 is 2.33 bits per heavy atom. The first-order valence-electron chi connectivity index (χ1n) is 5.67. The highest BCUT2D eigenvalue weighted by Crippen LogP contribution is 2.29. The molecule has 0 radical (unpaired) electrons. The topological polar surface area (TPSA) is 37.3 Å². The molecule has 2 nitrogen and oxygen atoms in total. The van der Waals surface area contributed by atoms with E-state index in [2.05, 4.69) is 0 Å². The van der Waals surface area contributed by atoms with Crippen LogP contribution in [0.3, 0.4) is 0 Å². The third kappa shape index (κ3) is 2.54. The Morgan fingerprint density at radius 2 is 1.78 bits per heavy atom. The van der Waals surface area contributed by atoms with Crippen molar-refractivity contribution in [1.29, 1.82) is 0 Å². The van der Waals surface area contributed by atoms with Crippen LogP contribution in [0.25, 0.3) is 11.1 Å². The molecule has 0 aromatic heterocycles. The van der Waals surface area contributed by atoms with E-state index in [4.69, 9.17) is 16.7 Å². The molecule has 0 saturated heterocycles. The molecule has 0 aliphatic carbocycles. The summed E-state index contributed by atoms with van der Waals surface area (Å²) < 4.78 is 0. The molecular formula is C15H13ClO2. The smallest absolute Gasteiger partial charge is 0.310 e. The van der Waals surface area contributed by atoms with Crippen molar-refractivity contribution in [3.8, 4) is 11.1 Å². The van der Waals surface area contributed by atoms with Crippen LogP contribution in [0.2, 0.25) is 5.02 Å². The van der Waals surface area contributed by atoms with E-state index in [-0.39, 0.29) is 0 Å². The van der Waals surface area contributed by atoms with Crippen molar-refractivity contribution in [2.75, 3.05) is 0 Å².